The summed E-state index contributed by atoms with van der Waals surface area (Å²) in [5.74, 6) is -0.369. The summed E-state index contributed by atoms with van der Waals surface area (Å²) in [5.41, 5.74) is -1.13. The molecule has 1 N–H and O–H groups in total. The highest BCUT2D eigenvalue weighted by atomic mass is 32.2. The number of hydrogen-bond acceptors (Lipinski definition) is 4. The van der Waals surface area contributed by atoms with E-state index in [1.807, 2.05) is 0 Å². The lowest BCUT2D eigenvalue weighted by Crippen LogP contribution is -2.16. The van der Waals surface area contributed by atoms with Crippen molar-refractivity contribution in [1.82, 2.24) is 15.0 Å². The van der Waals surface area contributed by atoms with Gasteiger partial charge in [-0.2, -0.15) is 13.2 Å². The van der Waals surface area contributed by atoms with Gasteiger partial charge < -0.3 is 4.98 Å². The number of aromatic amines is 1. The normalized spacial score (nSPS) is 11.8. The van der Waals surface area contributed by atoms with Crippen molar-refractivity contribution in [2.45, 2.75) is 17.1 Å². The molecule has 9 heteroatoms. The molecule has 0 aliphatic carbocycles. The van der Waals surface area contributed by atoms with Gasteiger partial charge in [0.2, 0.25) is 0 Å². The minimum atomic E-state index is -4.71. The molecule has 0 radical (unpaired) electrons. The van der Waals surface area contributed by atoms with Crippen molar-refractivity contribution < 1.29 is 17.6 Å². The fourth-order valence-electron chi connectivity index (χ4n) is 2.13. The predicted molar refractivity (Wildman–Crippen MR) is 81.1 cm³/mol. The maximum Gasteiger partial charge on any atom is 0.433 e. The Morgan fingerprint density at radius 2 is 2.00 bits per heavy atom. The van der Waals surface area contributed by atoms with Crippen LogP contribution in [0.2, 0.25) is 0 Å². The van der Waals surface area contributed by atoms with Crippen LogP contribution < -0.4 is 5.56 Å². The summed E-state index contributed by atoms with van der Waals surface area (Å²) in [4.78, 5) is 21.1. The first kappa shape index (κ1) is 16.4. The lowest BCUT2D eigenvalue weighted by molar-refractivity contribution is -0.141. The molecule has 3 rings (SSSR count). The molecule has 24 heavy (non-hydrogen) atoms. The molecular weight excluding hydrogens is 346 g/mol. The van der Waals surface area contributed by atoms with E-state index in [1.165, 1.54) is 12.1 Å². The van der Waals surface area contributed by atoms with E-state index in [4.69, 9.17) is 0 Å². The second kappa shape index (κ2) is 6.23. The van der Waals surface area contributed by atoms with Crippen LogP contribution in [0.1, 0.15) is 11.3 Å². The molecule has 0 aliphatic heterocycles. The molecule has 0 unspecified atom stereocenters. The van der Waals surface area contributed by atoms with Crippen LogP contribution >= 0.6 is 11.8 Å². The third kappa shape index (κ3) is 3.56. The van der Waals surface area contributed by atoms with Gasteiger partial charge in [-0.25, -0.2) is 9.37 Å². The molecule has 3 aromatic rings. The van der Waals surface area contributed by atoms with Gasteiger partial charge in [-0.1, -0.05) is 17.8 Å². The number of benzene rings is 1. The quantitative estimate of drug-likeness (QED) is 0.441. The minimum absolute atomic E-state index is 0.107. The Balaban J connectivity index is 1.92. The van der Waals surface area contributed by atoms with E-state index in [1.54, 1.807) is 18.3 Å². The number of nitrogens with zero attached hydrogens (tertiary/aromatic N) is 2. The van der Waals surface area contributed by atoms with Crippen LogP contribution in [-0.4, -0.2) is 15.0 Å². The number of thioether (sulfide) groups is 1. The molecule has 124 valence electrons. The average Bonchev–Trinajstić information content (AvgIpc) is 2.51. The zero-order valence-corrected chi connectivity index (χ0v) is 12.7. The predicted octanol–water partition coefficient (Wildman–Crippen LogP) is 3.77. The number of aromatic nitrogens is 3. The second-order valence-corrected chi connectivity index (χ2v) is 5.83. The Morgan fingerprint density at radius 3 is 2.75 bits per heavy atom. The molecule has 0 saturated heterocycles. The third-order valence-corrected chi connectivity index (χ3v) is 4.05. The second-order valence-electron chi connectivity index (χ2n) is 4.86. The summed E-state index contributed by atoms with van der Waals surface area (Å²) in [6.45, 7) is 0. The molecule has 1 aromatic carbocycles. The van der Waals surface area contributed by atoms with Crippen molar-refractivity contribution in [3.05, 3.63) is 64.0 Å². The first-order chi connectivity index (χ1) is 11.3. The first-order valence-corrected chi connectivity index (χ1v) is 7.66. The lowest BCUT2D eigenvalue weighted by atomic mass is 10.1. The standard InChI is InChI=1S/C15H9F4N3OS/c16-10-4-8-2-1-3-20-13(8)9(5-10)7-24-14-21-11(15(17,18)19)6-12(23)22-14/h1-6H,7H2,(H,21,22,23). The van der Waals surface area contributed by atoms with Gasteiger partial charge in [-0.05, 0) is 23.8 Å². The van der Waals surface area contributed by atoms with Crippen molar-refractivity contribution in [2.75, 3.05) is 0 Å². The van der Waals surface area contributed by atoms with Crippen molar-refractivity contribution in [3.8, 4) is 0 Å². The molecule has 0 amide bonds. The number of nitrogens with one attached hydrogen (secondary N) is 1. The molecule has 0 bridgehead atoms. The third-order valence-electron chi connectivity index (χ3n) is 3.12. The van der Waals surface area contributed by atoms with Gasteiger partial charge in [0.25, 0.3) is 5.56 Å². The zero-order chi connectivity index (χ0) is 17.3. The van der Waals surface area contributed by atoms with Crippen LogP contribution in [0.25, 0.3) is 10.9 Å². The van der Waals surface area contributed by atoms with E-state index in [0.717, 1.165) is 11.8 Å². The van der Waals surface area contributed by atoms with Crippen molar-refractivity contribution in [3.63, 3.8) is 0 Å². The zero-order valence-electron chi connectivity index (χ0n) is 11.9. The number of halogens is 4. The smallest absolute Gasteiger partial charge is 0.301 e. The van der Waals surface area contributed by atoms with Crippen molar-refractivity contribution >= 4 is 22.7 Å². The van der Waals surface area contributed by atoms with Crippen LogP contribution in [0.5, 0.6) is 0 Å². The van der Waals surface area contributed by atoms with Crippen LogP contribution in [0.3, 0.4) is 0 Å². The van der Waals surface area contributed by atoms with Gasteiger partial charge in [-0.3, -0.25) is 9.78 Å². The number of fused-ring (bicyclic) bond motifs is 1. The summed E-state index contributed by atoms with van der Waals surface area (Å²) in [6.07, 6.45) is -3.17. The molecule has 0 fully saturated rings. The highest BCUT2D eigenvalue weighted by Crippen LogP contribution is 2.29. The fraction of sp³-hybridized carbons (Fsp3) is 0.133. The number of pyridine rings is 1. The molecule has 0 saturated carbocycles. The summed E-state index contributed by atoms with van der Waals surface area (Å²) in [7, 11) is 0. The Labute approximate surface area is 137 Å². The van der Waals surface area contributed by atoms with E-state index >= 15 is 0 Å². The van der Waals surface area contributed by atoms with E-state index in [0.29, 0.717) is 22.5 Å². The highest BCUT2D eigenvalue weighted by Gasteiger charge is 2.33. The summed E-state index contributed by atoms with van der Waals surface area (Å²) in [6, 6.07) is 6.31. The highest BCUT2D eigenvalue weighted by molar-refractivity contribution is 7.98. The minimum Gasteiger partial charge on any atom is -0.301 e. The molecule has 2 heterocycles. The van der Waals surface area contributed by atoms with Crippen LogP contribution in [-0.2, 0) is 11.9 Å². The van der Waals surface area contributed by atoms with Gasteiger partial charge in [0.05, 0.1) is 5.52 Å². The lowest BCUT2D eigenvalue weighted by Gasteiger charge is -2.08. The van der Waals surface area contributed by atoms with Gasteiger partial charge in [-0.15, -0.1) is 0 Å². The maximum atomic E-state index is 13.6. The van der Waals surface area contributed by atoms with E-state index in [9.17, 15) is 22.4 Å². The molecule has 0 atom stereocenters. The van der Waals surface area contributed by atoms with Gasteiger partial charge >= 0.3 is 6.18 Å². The number of hydrogen-bond donors (Lipinski definition) is 1. The number of H-pyrrole nitrogens is 1. The maximum absolute atomic E-state index is 13.6. The SMILES string of the molecule is O=c1cc(C(F)(F)F)nc(SCc2cc(F)cc3cccnc23)[nH]1. The summed E-state index contributed by atoms with van der Waals surface area (Å²) < 4.78 is 51.7. The molecule has 2 aromatic heterocycles. The van der Waals surface area contributed by atoms with E-state index < -0.39 is 23.2 Å². The van der Waals surface area contributed by atoms with Gasteiger partial charge in [0, 0.05) is 23.4 Å². The van der Waals surface area contributed by atoms with E-state index in [2.05, 4.69) is 15.0 Å². The average molecular weight is 355 g/mol. The van der Waals surface area contributed by atoms with Crippen molar-refractivity contribution in [1.29, 1.82) is 0 Å². The van der Waals surface area contributed by atoms with Crippen LogP contribution in [0.4, 0.5) is 17.6 Å². The Kier molecular flexibility index (Phi) is 4.27. The first-order valence-electron chi connectivity index (χ1n) is 6.67. The van der Waals surface area contributed by atoms with Crippen LogP contribution in [0.15, 0.2) is 46.5 Å². The van der Waals surface area contributed by atoms with Gasteiger partial charge in [0.15, 0.2) is 10.9 Å². The van der Waals surface area contributed by atoms with Gasteiger partial charge in [0.1, 0.15) is 5.82 Å². The summed E-state index contributed by atoms with van der Waals surface area (Å²) >= 11 is 0.868. The topological polar surface area (TPSA) is 58.6 Å². The largest absolute Gasteiger partial charge is 0.433 e. The monoisotopic (exact) mass is 355 g/mol. The van der Waals surface area contributed by atoms with Crippen LogP contribution in [0, 0.1) is 5.82 Å². The molecule has 0 spiro atoms. The number of rotatable bonds is 3. The van der Waals surface area contributed by atoms with E-state index in [-0.39, 0.29) is 10.9 Å². The Bertz CT molecular complexity index is 955. The Morgan fingerprint density at radius 1 is 1.21 bits per heavy atom. The number of alkyl halides is 3. The Hall–Kier alpha value is -2.42. The molecular formula is C15H9F4N3OS. The molecule has 4 nitrogen and oxygen atoms in total. The summed E-state index contributed by atoms with van der Waals surface area (Å²) in [5, 5.41) is 0.391. The molecule has 0 aliphatic rings. The van der Waals surface area contributed by atoms with Crippen molar-refractivity contribution in [2.24, 2.45) is 0 Å². The fourth-order valence-corrected chi connectivity index (χ4v) is 2.98.